The summed E-state index contributed by atoms with van der Waals surface area (Å²) in [5.41, 5.74) is 23.2. The summed E-state index contributed by atoms with van der Waals surface area (Å²) in [6, 6.07) is 0.560. The van der Waals surface area contributed by atoms with Gasteiger partial charge in [-0.3, -0.25) is 52.9 Å². The highest BCUT2D eigenvalue weighted by atomic mass is 32.1. The number of nitrogens with two attached hydrogens (primary N) is 4. The monoisotopic (exact) mass is 1260 g/mol. The van der Waals surface area contributed by atoms with Gasteiger partial charge in [0, 0.05) is 50.3 Å². The molecule has 0 aromatic heterocycles. The quantitative estimate of drug-likeness (QED) is 0.0144. The molecule has 10 amide bonds. The third-order valence-corrected chi connectivity index (χ3v) is 15.1. The van der Waals surface area contributed by atoms with E-state index >= 15 is 0 Å². The molecule has 1 heterocycles. The number of aliphatic imine (C=N–C) groups is 1. The molecule has 0 bridgehead atoms. The first-order valence-electron chi connectivity index (χ1n) is 28.9. The lowest BCUT2D eigenvalue weighted by molar-refractivity contribution is -0.143. The molecule has 1 aliphatic heterocycles. The molecular formula is C57H88N14O14S2. The smallest absolute Gasteiger partial charge is 0.327 e. The van der Waals surface area contributed by atoms with Gasteiger partial charge in [-0.2, -0.15) is 25.3 Å². The molecule has 0 saturated carbocycles. The van der Waals surface area contributed by atoms with Crippen LogP contribution in [0.2, 0.25) is 0 Å². The first kappa shape index (κ1) is 73.6. The number of amides is 10. The number of nitrogens with zero attached hydrogens (tertiary/aromatic N) is 2. The number of aromatic hydroxyl groups is 1. The number of β-amino-alcohol motifs (C(OH)–C–C–N with tert-alkyl or cyclic N) is 1. The summed E-state index contributed by atoms with van der Waals surface area (Å²) in [5, 5.41) is 51.6. The van der Waals surface area contributed by atoms with E-state index in [4.69, 9.17) is 22.9 Å². The number of aliphatic hydroxyl groups excluding tert-OH is 1. The van der Waals surface area contributed by atoms with Gasteiger partial charge in [0.1, 0.15) is 60.1 Å². The molecule has 0 aliphatic carbocycles. The zero-order valence-electron chi connectivity index (χ0n) is 49.7. The van der Waals surface area contributed by atoms with Gasteiger partial charge in [-0.15, -0.1) is 0 Å². The number of aliphatic carboxylic acids is 1. The first-order chi connectivity index (χ1) is 41.1. The maximum Gasteiger partial charge on any atom is 0.327 e. The van der Waals surface area contributed by atoms with Gasteiger partial charge in [0.2, 0.25) is 59.1 Å². The Balaban J connectivity index is 2.02. The average Bonchev–Trinajstić information content (AvgIpc) is 2.55. The van der Waals surface area contributed by atoms with E-state index in [9.17, 15) is 68.1 Å². The van der Waals surface area contributed by atoms with Crippen molar-refractivity contribution in [2.75, 3.05) is 24.6 Å². The average molecular weight is 1260 g/mol. The number of carboxylic acid groups (broad SMARTS) is 1. The molecule has 1 aliphatic rings. The summed E-state index contributed by atoms with van der Waals surface area (Å²) < 4.78 is 0. The molecule has 19 N–H and O–H groups in total. The summed E-state index contributed by atoms with van der Waals surface area (Å²) in [7, 11) is 0. The standard InChI is InChI=1S/C57H88N14O14S2/c1-6-12-37(48(76)69-43(29-87)56(84)85)65-54(82)46(31(5)7-2)70-53(81)44-26-35(73)27-71(44)55(83)42(23-30(3)4)68-52(80)40(24-32-13-9-8-10-14-32)67-51(79)41(25-33-16-18-34(72)19-17-33)66-50(78)39(20-21-45(59)74)64-49(77)38(15-11-22-62-57(60)61)63-47(75)36(58)28-86/h8-10,13-14,16-19,30-31,35-44,46,72-73,86-87H,6-7,11-12,15,20-29,58H2,1-5H3,(H2,59,74)(H,63,75)(H,64,77)(H,65,82)(H,66,78)(H,67,79)(H,68,80)(H,69,76)(H,70,81)(H,84,85)(H4,60,61,62)/t31-,35+,36-,37-,38-,39-,40-,41-,42-,43-,44-,46-/m0/s1. The minimum atomic E-state index is -1.56. The Morgan fingerprint density at radius 1 is 0.632 bits per heavy atom. The number of guanidine groups is 1. The number of likely N-dealkylation sites (tertiary alicyclic amines) is 1. The largest absolute Gasteiger partial charge is 0.508 e. The number of carboxylic acids is 1. The maximum atomic E-state index is 14.9. The Bertz CT molecular complexity index is 2690. The van der Waals surface area contributed by atoms with Crippen molar-refractivity contribution in [1.82, 2.24) is 47.4 Å². The molecule has 28 nitrogen and oxygen atoms in total. The Labute approximate surface area is 517 Å². The fourth-order valence-corrected chi connectivity index (χ4v) is 9.76. The number of nitrogens with one attached hydrogen (secondary N) is 8. The van der Waals surface area contributed by atoms with Crippen LogP contribution in [0.5, 0.6) is 5.75 Å². The number of hydrogen-bond donors (Lipinski definition) is 17. The summed E-state index contributed by atoms with van der Waals surface area (Å²) in [4.78, 5) is 156. The van der Waals surface area contributed by atoms with Gasteiger partial charge < -0.3 is 85.7 Å². The second-order valence-corrected chi connectivity index (χ2v) is 22.7. The topological polar surface area (TPSA) is 464 Å². The van der Waals surface area contributed by atoms with Crippen molar-refractivity contribution in [3.05, 3.63) is 65.7 Å². The van der Waals surface area contributed by atoms with E-state index in [0.717, 1.165) is 4.90 Å². The van der Waals surface area contributed by atoms with Gasteiger partial charge in [-0.05, 0) is 67.2 Å². The van der Waals surface area contributed by atoms with Crippen LogP contribution < -0.4 is 65.5 Å². The zero-order chi connectivity index (χ0) is 65.1. The number of aliphatic hydroxyl groups is 1. The van der Waals surface area contributed by atoms with E-state index in [0.29, 0.717) is 24.0 Å². The third-order valence-electron chi connectivity index (χ3n) is 14.3. The number of rotatable bonds is 37. The second-order valence-electron chi connectivity index (χ2n) is 21.9. The Hall–Kier alpha value is -7.70. The molecule has 0 unspecified atom stereocenters. The van der Waals surface area contributed by atoms with Crippen LogP contribution in [0.1, 0.15) is 104 Å². The van der Waals surface area contributed by atoms with Gasteiger partial charge in [-0.25, -0.2) is 4.79 Å². The molecular weight excluding hydrogens is 1170 g/mol. The van der Waals surface area contributed by atoms with E-state index in [-0.39, 0.29) is 93.6 Å². The van der Waals surface area contributed by atoms with E-state index in [1.54, 1.807) is 65.0 Å². The highest BCUT2D eigenvalue weighted by Crippen LogP contribution is 2.23. The van der Waals surface area contributed by atoms with Crippen LogP contribution >= 0.6 is 25.3 Å². The van der Waals surface area contributed by atoms with Crippen LogP contribution in [-0.2, 0) is 65.6 Å². The van der Waals surface area contributed by atoms with Crippen molar-refractivity contribution in [3.8, 4) is 5.75 Å². The van der Waals surface area contributed by atoms with Crippen molar-refractivity contribution >= 4 is 96.3 Å². The van der Waals surface area contributed by atoms with Crippen molar-refractivity contribution in [2.45, 2.75) is 172 Å². The normalized spacial score (nSPS) is 17.2. The third kappa shape index (κ3) is 24.9. The van der Waals surface area contributed by atoms with Crippen LogP contribution in [0.25, 0.3) is 0 Å². The van der Waals surface area contributed by atoms with Crippen molar-refractivity contribution < 1.29 is 68.1 Å². The number of hydrogen-bond acceptors (Lipinski definition) is 17. The minimum absolute atomic E-state index is 0.00695. The fraction of sp³-hybridized carbons (Fsp3) is 0.579. The number of primary amides is 1. The lowest BCUT2D eigenvalue weighted by Gasteiger charge is -2.32. The van der Waals surface area contributed by atoms with Gasteiger partial charge in [0.15, 0.2) is 5.96 Å². The molecule has 2 aromatic carbocycles. The highest BCUT2D eigenvalue weighted by molar-refractivity contribution is 7.80. The Kier molecular flexibility index (Phi) is 31.4. The SMILES string of the molecule is CCC[C@H](NC(=O)[C@@H](NC(=O)[C@@H]1C[C@@H](O)CN1C(=O)[C@H](CC(C)C)NC(=O)[C@H](Cc1ccccc1)NC(=O)[C@H](Cc1ccc(O)cc1)NC(=O)[C@H](CCC(N)=O)NC(=O)[C@H](CCCN=C(N)N)NC(=O)[C@@H](N)CS)[C@@H](C)CC)C(=O)N[C@@H](CS)C(=O)O. The predicted molar refractivity (Wildman–Crippen MR) is 329 cm³/mol. The summed E-state index contributed by atoms with van der Waals surface area (Å²) in [5.74, 6) is -11.2. The zero-order valence-corrected chi connectivity index (χ0v) is 51.5. The molecule has 12 atom stereocenters. The van der Waals surface area contributed by atoms with Crippen LogP contribution in [0, 0.1) is 11.8 Å². The molecule has 1 saturated heterocycles. The number of phenolic OH excluding ortho intramolecular Hbond substituents is 1. The van der Waals surface area contributed by atoms with Crippen LogP contribution in [0.3, 0.4) is 0 Å². The van der Waals surface area contributed by atoms with Crippen molar-refractivity contribution in [2.24, 2.45) is 39.8 Å². The predicted octanol–water partition coefficient (Wildman–Crippen LogP) is -2.50. The molecule has 482 valence electrons. The first-order valence-corrected chi connectivity index (χ1v) is 30.2. The molecule has 30 heteroatoms. The number of benzene rings is 2. The molecule has 87 heavy (non-hydrogen) atoms. The lowest BCUT2D eigenvalue weighted by atomic mass is 9.96. The minimum Gasteiger partial charge on any atom is -0.508 e. The summed E-state index contributed by atoms with van der Waals surface area (Å²) in [6.07, 6.45) is -1.71. The highest BCUT2D eigenvalue weighted by Gasteiger charge is 2.44. The van der Waals surface area contributed by atoms with Crippen molar-refractivity contribution in [1.29, 1.82) is 0 Å². The molecule has 1 fully saturated rings. The van der Waals surface area contributed by atoms with Crippen LogP contribution in [-0.4, -0.2) is 182 Å². The van der Waals surface area contributed by atoms with Crippen molar-refractivity contribution in [3.63, 3.8) is 0 Å². The number of thiol groups is 2. The van der Waals surface area contributed by atoms with Gasteiger partial charge in [0.05, 0.1) is 12.1 Å². The summed E-state index contributed by atoms with van der Waals surface area (Å²) in [6.45, 7) is 8.48. The van der Waals surface area contributed by atoms with Gasteiger partial charge in [-0.1, -0.05) is 89.9 Å². The van der Waals surface area contributed by atoms with E-state index < -0.39 is 144 Å². The Morgan fingerprint density at radius 3 is 1.63 bits per heavy atom. The fourth-order valence-electron chi connectivity index (χ4n) is 9.34. The molecule has 0 spiro atoms. The molecule has 3 rings (SSSR count). The number of phenols is 1. The van der Waals surface area contributed by atoms with E-state index in [2.05, 4.69) is 72.8 Å². The lowest BCUT2D eigenvalue weighted by Crippen LogP contribution is -2.61. The number of carbonyl (C=O) groups excluding carboxylic acids is 10. The maximum absolute atomic E-state index is 14.9. The van der Waals surface area contributed by atoms with Gasteiger partial charge >= 0.3 is 5.97 Å². The van der Waals surface area contributed by atoms with E-state index in [1.807, 2.05) is 0 Å². The second kappa shape index (κ2) is 37.1. The van der Waals surface area contributed by atoms with Gasteiger partial charge in [0.25, 0.3) is 0 Å². The summed E-state index contributed by atoms with van der Waals surface area (Å²) >= 11 is 8.06. The van der Waals surface area contributed by atoms with E-state index in [1.165, 1.54) is 24.3 Å². The Morgan fingerprint density at radius 2 is 1.13 bits per heavy atom. The van der Waals surface area contributed by atoms with Crippen LogP contribution in [0.4, 0.5) is 0 Å². The van der Waals surface area contributed by atoms with Crippen LogP contribution in [0.15, 0.2) is 59.6 Å². The molecule has 0 radical (unpaired) electrons. The molecule has 2 aromatic rings. The number of carbonyl (C=O) groups is 11.